The van der Waals surface area contributed by atoms with Gasteiger partial charge in [0.15, 0.2) is 0 Å². The standard InChI is InChI=1S/C17H21N3O2.C16H18N4O4.Co/c1-4-20(5-2)13-7-8-14(17(22)11-13)18-19-15-10-12(3)6-9-16(15)21;1-3-19(4-2)11-5-7-13(16(22)10-11)17-18-14-9-12(20(23)24)6-8-15(14)21;/h6-11,21-22H,4-5H2,1-3H3;5-10,21-22H,3-4H2,1-2H3;. The molecule has 4 aromatic rings. The number of hydrogen-bond donors (Lipinski definition) is 4. The van der Waals surface area contributed by atoms with Crippen molar-refractivity contribution in [2.45, 2.75) is 34.6 Å². The zero-order valence-corrected chi connectivity index (χ0v) is 27.9. The molecule has 4 N–H and O–H groups in total. The van der Waals surface area contributed by atoms with E-state index in [0.29, 0.717) is 11.4 Å². The Morgan fingerprint density at radius 1 is 0.574 bits per heavy atom. The molecular formula is C33H39CoN7O6. The Balaban J connectivity index is 0.000000321. The number of hydrogen-bond acceptors (Lipinski definition) is 12. The van der Waals surface area contributed by atoms with Gasteiger partial charge in [0.1, 0.15) is 45.7 Å². The quantitative estimate of drug-likeness (QED) is 0.0685. The van der Waals surface area contributed by atoms with E-state index in [4.69, 9.17) is 0 Å². The molecule has 0 heterocycles. The molecule has 0 saturated heterocycles. The van der Waals surface area contributed by atoms with Crippen molar-refractivity contribution in [2.24, 2.45) is 20.5 Å². The molecule has 0 fully saturated rings. The summed E-state index contributed by atoms with van der Waals surface area (Å²) in [7, 11) is 0. The predicted octanol–water partition coefficient (Wildman–Crippen LogP) is 8.93. The number of nitro groups is 1. The molecule has 0 atom stereocenters. The summed E-state index contributed by atoms with van der Waals surface area (Å²) >= 11 is 0. The normalized spacial score (nSPS) is 10.7. The molecule has 14 heteroatoms. The summed E-state index contributed by atoms with van der Waals surface area (Å²) in [5.41, 5.74) is 3.49. The number of non-ortho nitro benzene ring substituents is 1. The predicted molar refractivity (Wildman–Crippen MR) is 179 cm³/mol. The molecule has 0 unspecified atom stereocenters. The first-order valence-electron chi connectivity index (χ1n) is 14.8. The van der Waals surface area contributed by atoms with E-state index in [-0.39, 0.29) is 56.8 Å². The summed E-state index contributed by atoms with van der Waals surface area (Å²) in [6.45, 7) is 13.4. The molecular weight excluding hydrogens is 649 g/mol. The Kier molecular flexibility index (Phi) is 14.6. The van der Waals surface area contributed by atoms with Crippen LogP contribution in [0.15, 0.2) is 93.3 Å². The first-order chi connectivity index (χ1) is 22.0. The first kappa shape index (κ1) is 38.0. The summed E-state index contributed by atoms with van der Waals surface area (Å²) in [5.74, 6) is -0.162. The van der Waals surface area contributed by atoms with Crippen LogP contribution in [-0.2, 0) is 16.8 Å². The maximum Gasteiger partial charge on any atom is 0.271 e. The maximum absolute atomic E-state index is 10.8. The van der Waals surface area contributed by atoms with E-state index in [0.717, 1.165) is 49.2 Å². The van der Waals surface area contributed by atoms with Crippen LogP contribution in [0.4, 0.5) is 39.8 Å². The number of azo groups is 2. The van der Waals surface area contributed by atoms with E-state index in [1.54, 1.807) is 48.5 Å². The van der Waals surface area contributed by atoms with Crippen molar-refractivity contribution in [2.75, 3.05) is 36.0 Å². The van der Waals surface area contributed by atoms with Gasteiger partial charge < -0.3 is 30.2 Å². The number of phenolic OH excluding ortho intramolecular Hbond substituents is 4. The van der Waals surface area contributed by atoms with Crippen molar-refractivity contribution in [3.8, 4) is 23.0 Å². The van der Waals surface area contributed by atoms with Crippen molar-refractivity contribution in [3.63, 3.8) is 0 Å². The van der Waals surface area contributed by atoms with Gasteiger partial charge in [-0.1, -0.05) is 6.07 Å². The van der Waals surface area contributed by atoms with E-state index in [2.05, 4.69) is 44.1 Å². The van der Waals surface area contributed by atoms with E-state index >= 15 is 0 Å². The van der Waals surface area contributed by atoms with Crippen molar-refractivity contribution in [1.29, 1.82) is 0 Å². The van der Waals surface area contributed by atoms with Crippen LogP contribution in [0, 0.1) is 17.0 Å². The van der Waals surface area contributed by atoms with Crippen molar-refractivity contribution in [1.82, 2.24) is 0 Å². The third-order valence-electron chi connectivity index (χ3n) is 7.01. The molecule has 4 aromatic carbocycles. The van der Waals surface area contributed by atoms with Crippen LogP contribution in [0.1, 0.15) is 33.3 Å². The molecule has 47 heavy (non-hydrogen) atoms. The molecule has 0 aromatic heterocycles. The number of benzene rings is 4. The second kappa shape index (κ2) is 18.1. The molecule has 251 valence electrons. The third kappa shape index (κ3) is 10.4. The summed E-state index contributed by atoms with van der Waals surface area (Å²) in [4.78, 5) is 14.4. The number of aromatic hydroxyl groups is 4. The number of aryl methyl sites for hydroxylation is 1. The fourth-order valence-electron chi connectivity index (χ4n) is 4.40. The van der Waals surface area contributed by atoms with Crippen LogP contribution in [0.3, 0.4) is 0 Å². The molecule has 0 saturated carbocycles. The zero-order valence-electron chi connectivity index (χ0n) is 26.8. The molecule has 0 aliphatic rings. The molecule has 1 radical (unpaired) electrons. The summed E-state index contributed by atoms with van der Waals surface area (Å²) in [6, 6.07) is 18.8. The second-order valence-electron chi connectivity index (χ2n) is 10.0. The summed E-state index contributed by atoms with van der Waals surface area (Å²) in [5, 5.41) is 66.1. The molecule has 0 spiro atoms. The maximum atomic E-state index is 10.8. The molecule has 0 aliphatic carbocycles. The van der Waals surface area contributed by atoms with E-state index in [1.165, 1.54) is 12.1 Å². The van der Waals surface area contributed by atoms with E-state index in [9.17, 15) is 30.5 Å². The van der Waals surface area contributed by atoms with Gasteiger partial charge >= 0.3 is 0 Å². The smallest absolute Gasteiger partial charge is 0.271 e. The SMILES string of the molecule is CCN(CC)c1ccc(N=Nc2cc(C)ccc2O)c(O)c1.CCN(CC)c1ccc(N=Nc2cc([N+](=O)[O-])ccc2O)c(O)c1.[Co]. The molecule has 0 bridgehead atoms. The van der Waals surface area contributed by atoms with Crippen LogP contribution in [0.2, 0.25) is 0 Å². The van der Waals surface area contributed by atoms with Gasteiger partial charge in [0.05, 0.1) is 4.92 Å². The Hall–Kier alpha value is -5.21. The van der Waals surface area contributed by atoms with E-state index in [1.807, 2.05) is 26.8 Å². The number of nitrogens with zero attached hydrogens (tertiary/aromatic N) is 7. The molecule has 0 amide bonds. The van der Waals surface area contributed by atoms with Gasteiger partial charge in [-0.2, -0.15) is 0 Å². The zero-order chi connectivity index (χ0) is 33.8. The van der Waals surface area contributed by atoms with Gasteiger partial charge in [0, 0.05) is 78.6 Å². The third-order valence-corrected chi connectivity index (χ3v) is 7.01. The Labute approximate surface area is 283 Å². The fourth-order valence-corrected chi connectivity index (χ4v) is 4.40. The van der Waals surface area contributed by atoms with Crippen LogP contribution in [0.5, 0.6) is 23.0 Å². The number of anilines is 2. The fraction of sp³-hybridized carbons (Fsp3) is 0.273. The Bertz CT molecular complexity index is 1710. The monoisotopic (exact) mass is 688 g/mol. The van der Waals surface area contributed by atoms with Crippen molar-refractivity contribution in [3.05, 3.63) is 88.5 Å². The minimum absolute atomic E-state index is 0. The first-order valence-corrected chi connectivity index (χ1v) is 14.8. The van der Waals surface area contributed by atoms with Crippen LogP contribution in [-0.4, -0.2) is 51.5 Å². The van der Waals surface area contributed by atoms with E-state index < -0.39 is 4.92 Å². The van der Waals surface area contributed by atoms with Gasteiger partial charge in [0.2, 0.25) is 0 Å². The number of phenols is 4. The topological polar surface area (TPSA) is 180 Å². The number of nitro benzene ring substituents is 1. The Morgan fingerprint density at radius 3 is 1.38 bits per heavy atom. The van der Waals surface area contributed by atoms with Gasteiger partial charge in [-0.05, 0) is 82.6 Å². The van der Waals surface area contributed by atoms with Gasteiger partial charge in [0.25, 0.3) is 5.69 Å². The Morgan fingerprint density at radius 2 is 0.979 bits per heavy atom. The van der Waals surface area contributed by atoms with Gasteiger partial charge in [-0.3, -0.25) is 10.1 Å². The molecule has 13 nitrogen and oxygen atoms in total. The summed E-state index contributed by atoms with van der Waals surface area (Å²) < 4.78 is 0. The average molecular weight is 689 g/mol. The molecule has 0 aliphatic heterocycles. The minimum atomic E-state index is -0.588. The second-order valence-corrected chi connectivity index (χ2v) is 10.0. The summed E-state index contributed by atoms with van der Waals surface area (Å²) in [6.07, 6.45) is 0. The average Bonchev–Trinajstić information content (AvgIpc) is 3.04. The van der Waals surface area contributed by atoms with Crippen LogP contribution >= 0.6 is 0 Å². The van der Waals surface area contributed by atoms with Crippen LogP contribution in [0.25, 0.3) is 0 Å². The molecule has 4 rings (SSSR count). The number of rotatable bonds is 11. The van der Waals surface area contributed by atoms with Crippen molar-refractivity contribution < 1.29 is 42.1 Å². The van der Waals surface area contributed by atoms with Crippen molar-refractivity contribution >= 4 is 39.8 Å². The largest absolute Gasteiger partial charge is 0.506 e. The minimum Gasteiger partial charge on any atom is -0.506 e. The van der Waals surface area contributed by atoms with Crippen LogP contribution < -0.4 is 9.80 Å². The van der Waals surface area contributed by atoms with Gasteiger partial charge in [-0.15, -0.1) is 20.5 Å². The van der Waals surface area contributed by atoms with Gasteiger partial charge in [-0.25, -0.2) is 0 Å².